The van der Waals surface area contributed by atoms with Crippen molar-refractivity contribution in [1.82, 2.24) is 0 Å². The number of rotatable bonds is 5. The van der Waals surface area contributed by atoms with E-state index in [4.69, 9.17) is 9.84 Å². The van der Waals surface area contributed by atoms with E-state index in [0.717, 1.165) is 11.1 Å². The summed E-state index contributed by atoms with van der Waals surface area (Å²) in [4.78, 5) is 10.8. The average Bonchev–Trinajstić information content (AvgIpc) is 2.47. The molecule has 0 spiro atoms. The molecular formula is C19H22O3. The third kappa shape index (κ3) is 4.43. The van der Waals surface area contributed by atoms with Crippen molar-refractivity contribution in [2.45, 2.75) is 39.4 Å². The van der Waals surface area contributed by atoms with E-state index in [1.54, 1.807) is 24.3 Å². The van der Waals surface area contributed by atoms with Crippen molar-refractivity contribution >= 4 is 5.97 Å². The van der Waals surface area contributed by atoms with Gasteiger partial charge >= 0.3 is 5.97 Å². The molecule has 0 aliphatic heterocycles. The van der Waals surface area contributed by atoms with Gasteiger partial charge in [0.1, 0.15) is 0 Å². The summed E-state index contributed by atoms with van der Waals surface area (Å²) in [6.45, 7) is 7.60. The van der Waals surface area contributed by atoms with E-state index >= 15 is 0 Å². The Morgan fingerprint density at radius 3 is 1.77 bits per heavy atom. The van der Waals surface area contributed by atoms with E-state index in [9.17, 15) is 4.79 Å². The predicted molar refractivity (Wildman–Crippen MR) is 87.0 cm³/mol. The number of hydrogen-bond acceptors (Lipinski definition) is 2. The second-order valence-corrected chi connectivity index (χ2v) is 6.44. The molecule has 0 aromatic heterocycles. The van der Waals surface area contributed by atoms with Crippen LogP contribution in [0.1, 0.15) is 47.8 Å². The zero-order valence-corrected chi connectivity index (χ0v) is 13.3. The van der Waals surface area contributed by atoms with Crippen LogP contribution in [0.25, 0.3) is 0 Å². The van der Waals surface area contributed by atoms with Gasteiger partial charge in [-0.3, -0.25) is 0 Å². The number of aromatic carboxylic acids is 1. The monoisotopic (exact) mass is 298 g/mol. The van der Waals surface area contributed by atoms with Crippen molar-refractivity contribution in [2.75, 3.05) is 0 Å². The molecule has 0 heterocycles. The number of benzene rings is 2. The van der Waals surface area contributed by atoms with Crippen molar-refractivity contribution < 1.29 is 14.6 Å². The Morgan fingerprint density at radius 2 is 1.36 bits per heavy atom. The van der Waals surface area contributed by atoms with Gasteiger partial charge in [0.25, 0.3) is 0 Å². The molecule has 22 heavy (non-hydrogen) atoms. The third-order valence-electron chi connectivity index (χ3n) is 3.56. The highest BCUT2D eigenvalue weighted by molar-refractivity contribution is 5.87. The molecular weight excluding hydrogens is 276 g/mol. The number of hydrogen-bond donors (Lipinski definition) is 1. The van der Waals surface area contributed by atoms with Crippen molar-refractivity contribution in [3.05, 3.63) is 70.8 Å². The minimum absolute atomic E-state index is 0.158. The van der Waals surface area contributed by atoms with Crippen LogP contribution in [0.15, 0.2) is 48.5 Å². The van der Waals surface area contributed by atoms with Crippen LogP contribution >= 0.6 is 0 Å². The average molecular weight is 298 g/mol. The maximum atomic E-state index is 10.8. The fourth-order valence-electron chi connectivity index (χ4n) is 2.13. The highest BCUT2D eigenvalue weighted by atomic mass is 16.5. The molecule has 1 N–H and O–H groups in total. The van der Waals surface area contributed by atoms with Crippen LogP contribution in [0.4, 0.5) is 0 Å². The third-order valence-corrected chi connectivity index (χ3v) is 3.56. The summed E-state index contributed by atoms with van der Waals surface area (Å²) in [5, 5.41) is 8.85. The molecule has 3 nitrogen and oxygen atoms in total. The zero-order chi connectivity index (χ0) is 16.2. The van der Waals surface area contributed by atoms with E-state index in [2.05, 4.69) is 45.0 Å². The van der Waals surface area contributed by atoms with Gasteiger partial charge in [-0.25, -0.2) is 4.79 Å². The summed E-state index contributed by atoms with van der Waals surface area (Å²) in [6.07, 6.45) is 0. The Balaban J connectivity index is 1.87. The van der Waals surface area contributed by atoms with Gasteiger partial charge in [0.05, 0.1) is 18.8 Å². The van der Waals surface area contributed by atoms with E-state index < -0.39 is 5.97 Å². The molecule has 0 saturated heterocycles. The Morgan fingerprint density at radius 1 is 0.909 bits per heavy atom. The maximum Gasteiger partial charge on any atom is 0.335 e. The molecule has 2 rings (SSSR count). The zero-order valence-electron chi connectivity index (χ0n) is 13.3. The molecule has 2 aromatic rings. The number of carboxylic acids is 1. The molecule has 0 atom stereocenters. The first-order valence-corrected chi connectivity index (χ1v) is 7.35. The number of carboxylic acid groups (broad SMARTS) is 1. The summed E-state index contributed by atoms with van der Waals surface area (Å²) in [5.74, 6) is -0.911. The van der Waals surface area contributed by atoms with Crippen LogP contribution in [-0.4, -0.2) is 11.1 Å². The van der Waals surface area contributed by atoms with Gasteiger partial charge in [0.2, 0.25) is 0 Å². The molecule has 0 unspecified atom stereocenters. The van der Waals surface area contributed by atoms with Gasteiger partial charge in [0, 0.05) is 0 Å². The van der Waals surface area contributed by atoms with E-state index in [1.165, 1.54) is 5.56 Å². The fraction of sp³-hybridized carbons (Fsp3) is 0.316. The standard InChI is InChI=1S/C19H22O3/c1-19(2,3)17-10-6-15(7-11-17)13-22-12-14-4-8-16(9-5-14)18(20)21/h4-11H,12-13H2,1-3H3,(H,20,21). The Labute approximate surface area is 131 Å². The number of carbonyl (C=O) groups is 1. The molecule has 0 aliphatic carbocycles. The predicted octanol–water partition coefficient (Wildman–Crippen LogP) is 4.40. The van der Waals surface area contributed by atoms with Crippen LogP contribution < -0.4 is 0 Å². The molecule has 0 amide bonds. The first-order valence-electron chi connectivity index (χ1n) is 7.35. The van der Waals surface area contributed by atoms with Crippen molar-refractivity contribution in [3.8, 4) is 0 Å². The normalized spacial score (nSPS) is 11.4. The lowest BCUT2D eigenvalue weighted by Crippen LogP contribution is -2.10. The molecule has 0 aliphatic rings. The molecule has 0 saturated carbocycles. The van der Waals surface area contributed by atoms with Crippen molar-refractivity contribution in [1.29, 1.82) is 0 Å². The second-order valence-electron chi connectivity index (χ2n) is 6.44. The van der Waals surface area contributed by atoms with Crippen molar-refractivity contribution in [2.24, 2.45) is 0 Å². The smallest absolute Gasteiger partial charge is 0.335 e. The lowest BCUT2D eigenvalue weighted by Gasteiger charge is -2.19. The lowest BCUT2D eigenvalue weighted by molar-refractivity contribution is 0.0696. The molecule has 3 heteroatoms. The topological polar surface area (TPSA) is 46.5 Å². The van der Waals surface area contributed by atoms with Gasteiger partial charge in [-0.05, 0) is 34.2 Å². The highest BCUT2D eigenvalue weighted by Crippen LogP contribution is 2.22. The van der Waals surface area contributed by atoms with Crippen LogP contribution in [0.3, 0.4) is 0 Å². The minimum Gasteiger partial charge on any atom is -0.478 e. The van der Waals surface area contributed by atoms with Crippen molar-refractivity contribution in [3.63, 3.8) is 0 Å². The Hall–Kier alpha value is -2.13. The minimum atomic E-state index is -0.911. The van der Waals surface area contributed by atoms with Crippen LogP contribution in [0.2, 0.25) is 0 Å². The summed E-state index contributed by atoms with van der Waals surface area (Å²) in [5.41, 5.74) is 3.86. The highest BCUT2D eigenvalue weighted by Gasteiger charge is 2.12. The molecule has 0 radical (unpaired) electrons. The Bertz CT molecular complexity index is 619. The second kappa shape index (κ2) is 6.75. The summed E-state index contributed by atoms with van der Waals surface area (Å²) in [6, 6.07) is 15.2. The van der Waals surface area contributed by atoms with E-state index in [-0.39, 0.29) is 5.41 Å². The summed E-state index contributed by atoms with van der Waals surface area (Å²) >= 11 is 0. The van der Waals surface area contributed by atoms with Gasteiger partial charge in [0.15, 0.2) is 0 Å². The molecule has 0 bridgehead atoms. The summed E-state index contributed by atoms with van der Waals surface area (Å²) < 4.78 is 5.68. The first-order chi connectivity index (χ1) is 10.4. The lowest BCUT2D eigenvalue weighted by atomic mass is 9.87. The molecule has 0 fully saturated rings. The van der Waals surface area contributed by atoms with Crippen LogP contribution in [-0.2, 0) is 23.4 Å². The van der Waals surface area contributed by atoms with Gasteiger partial charge in [-0.1, -0.05) is 57.2 Å². The van der Waals surface area contributed by atoms with E-state index in [0.29, 0.717) is 18.8 Å². The number of ether oxygens (including phenoxy) is 1. The largest absolute Gasteiger partial charge is 0.478 e. The van der Waals surface area contributed by atoms with Gasteiger partial charge in [-0.2, -0.15) is 0 Å². The molecule has 116 valence electrons. The SMILES string of the molecule is CC(C)(C)c1ccc(COCc2ccc(C(=O)O)cc2)cc1. The van der Waals surface area contributed by atoms with Crippen LogP contribution in [0.5, 0.6) is 0 Å². The fourth-order valence-corrected chi connectivity index (χ4v) is 2.13. The summed E-state index contributed by atoms with van der Waals surface area (Å²) in [7, 11) is 0. The van der Waals surface area contributed by atoms with E-state index in [1.807, 2.05) is 0 Å². The van der Waals surface area contributed by atoms with Gasteiger partial charge < -0.3 is 9.84 Å². The maximum absolute atomic E-state index is 10.8. The van der Waals surface area contributed by atoms with Gasteiger partial charge in [-0.15, -0.1) is 0 Å². The Kier molecular flexibility index (Phi) is 4.99. The molecule has 2 aromatic carbocycles. The van der Waals surface area contributed by atoms with Crippen LogP contribution in [0, 0.1) is 0 Å². The quantitative estimate of drug-likeness (QED) is 0.890. The first kappa shape index (κ1) is 16.2.